The van der Waals surface area contributed by atoms with Gasteiger partial charge in [-0.2, -0.15) is 0 Å². The molecule has 1 aromatic rings. The minimum atomic E-state index is -0.0760. The third-order valence-electron chi connectivity index (χ3n) is 3.03. The maximum Gasteiger partial charge on any atom is 0.315 e. The molecule has 0 aliphatic heterocycles. The lowest BCUT2D eigenvalue weighted by molar-refractivity contribution is 0.228. The Balaban J connectivity index is 1.78. The van der Waals surface area contributed by atoms with Gasteiger partial charge in [0.25, 0.3) is 0 Å². The molecular weight excluding hydrogens is 202 g/mol. The van der Waals surface area contributed by atoms with Crippen molar-refractivity contribution in [3.05, 3.63) is 29.6 Å². The second kappa shape index (κ2) is 4.96. The molecule has 2 N–H and O–H groups in total. The summed E-state index contributed by atoms with van der Waals surface area (Å²) in [5, 5.41) is 5.78. The lowest BCUT2D eigenvalue weighted by Crippen LogP contribution is -2.44. The van der Waals surface area contributed by atoms with Gasteiger partial charge in [-0.3, -0.25) is 4.98 Å². The van der Waals surface area contributed by atoms with Gasteiger partial charge in [-0.25, -0.2) is 4.79 Å². The average Bonchev–Trinajstić information content (AvgIpc) is 2.22. The van der Waals surface area contributed by atoms with Crippen LogP contribution in [-0.2, 0) is 6.54 Å². The van der Waals surface area contributed by atoms with Gasteiger partial charge in [-0.1, -0.05) is 0 Å². The maximum absolute atomic E-state index is 11.5. The summed E-state index contributed by atoms with van der Waals surface area (Å²) in [6.45, 7) is 2.56. The molecule has 2 amide bonds. The molecule has 1 saturated carbocycles. The predicted octanol–water partition coefficient (Wildman–Crippen LogP) is 1.74. The molecule has 0 aromatic carbocycles. The zero-order chi connectivity index (χ0) is 11.4. The van der Waals surface area contributed by atoms with Crippen LogP contribution in [0, 0.1) is 6.92 Å². The second-order valence-electron chi connectivity index (χ2n) is 4.26. The average molecular weight is 219 g/mol. The second-order valence-corrected chi connectivity index (χ2v) is 4.26. The van der Waals surface area contributed by atoms with E-state index in [1.165, 1.54) is 6.42 Å². The number of aromatic nitrogens is 1. The molecule has 0 bridgehead atoms. The van der Waals surface area contributed by atoms with Gasteiger partial charge in [0.05, 0.1) is 0 Å². The number of carbonyl (C=O) groups is 1. The van der Waals surface area contributed by atoms with E-state index in [-0.39, 0.29) is 6.03 Å². The molecule has 0 atom stereocenters. The first-order valence-electron chi connectivity index (χ1n) is 5.69. The molecule has 0 radical (unpaired) electrons. The smallest absolute Gasteiger partial charge is 0.315 e. The van der Waals surface area contributed by atoms with E-state index < -0.39 is 0 Å². The van der Waals surface area contributed by atoms with Crippen molar-refractivity contribution in [2.24, 2.45) is 0 Å². The summed E-state index contributed by atoms with van der Waals surface area (Å²) in [7, 11) is 0. The zero-order valence-electron chi connectivity index (χ0n) is 9.49. The van der Waals surface area contributed by atoms with Crippen LogP contribution in [0.3, 0.4) is 0 Å². The van der Waals surface area contributed by atoms with Crippen molar-refractivity contribution in [1.29, 1.82) is 0 Å². The van der Waals surface area contributed by atoms with Gasteiger partial charge < -0.3 is 10.6 Å². The molecule has 1 fully saturated rings. The van der Waals surface area contributed by atoms with Crippen molar-refractivity contribution in [1.82, 2.24) is 15.6 Å². The Morgan fingerprint density at radius 2 is 2.38 bits per heavy atom. The largest absolute Gasteiger partial charge is 0.335 e. The van der Waals surface area contributed by atoms with Crippen LogP contribution in [0.1, 0.15) is 30.4 Å². The minimum absolute atomic E-state index is 0.0760. The van der Waals surface area contributed by atoms with Gasteiger partial charge in [0.1, 0.15) is 0 Å². The number of aryl methyl sites for hydroxylation is 1. The Morgan fingerprint density at radius 1 is 1.56 bits per heavy atom. The topological polar surface area (TPSA) is 54.0 Å². The summed E-state index contributed by atoms with van der Waals surface area (Å²) >= 11 is 0. The van der Waals surface area contributed by atoms with Crippen molar-refractivity contribution in [3.8, 4) is 0 Å². The van der Waals surface area contributed by atoms with Crippen molar-refractivity contribution in [3.63, 3.8) is 0 Å². The Bertz CT molecular complexity index is 374. The third kappa shape index (κ3) is 2.72. The Morgan fingerprint density at radius 3 is 3.00 bits per heavy atom. The van der Waals surface area contributed by atoms with Crippen molar-refractivity contribution in [2.75, 3.05) is 0 Å². The number of amides is 2. The molecule has 2 rings (SSSR count). The highest BCUT2D eigenvalue weighted by Gasteiger charge is 2.18. The van der Waals surface area contributed by atoms with Crippen molar-refractivity contribution < 1.29 is 4.79 Å². The van der Waals surface area contributed by atoms with E-state index in [2.05, 4.69) is 15.6 Å². The Labute approximate surface area is 95.5 Å². The predicted molar refractivity (Wildman–Crippen MR) is 62.0 cm³/mol. The SMILES string of the molecule is Cc1ccncc1CNC(=O)NC1CCC1. The lowest BCUT2D eigenvalue weighted by atomic mass is 9.93. The van der Waals surface area contributed by atoms with E-state index in [9.17, 15) is 4.79 Å². The molecule has 0 spiro atoms. The molecule has 4 nitrogen and oxygen atoms in total. The van der Waals surface area contributed by atoms with Crippen LogP contribution in [0.15, 0.2) is 18.5 Å². The van der Waals surface area contributed by atoms with Crippen LogP contribution < -0.4 is 10.6 Å². The summed E-state index contributed by atoms with van der Waals surface area (Å²) < 4.78 is 0. The highest BCUT2D eigenvalue weighted by Crippen LogP contribution is 2.17. The highest BCUT2D eigenvalue weighted by atomic mass is 16.2. The van der Waals surface area contributed by atoms with E-state index in [1.54, 1.807) is 12.4 Å². The summed E-state index contributed by atoms with van der Waals surface area (Å²) in [5.41, 5.74) is 2.21. The third-order valence-corrected chi connectivity index (χ3v) is 3.03. The van der Waals surface area contributed by atoms with Crippen LogP contribution in [0.4, 0.5) is 4.79 Å². The van der Waals surface area contributed by atoms with Crippen molar-refractivity contribution in [2.45, 2.75) is 38.8 Å². The fourth-order valence-corrected chi connectivity index (χ4v) is 1.65. The van der Waals surface area contributed by atoms with Crippen LogP contribution in [-0.4, -0.2) is 17.1 Å². The van der Waals surface area contributed by atoms with Crippen LogP contribution >= 0.6 is 0 Å². The first-order valence-corrected chi connectivity index (χ1v) is 5.69. The Kier molecular flexibility index (Phi) is 3.39. The first-order chi connectivity index (χ1) is 7.75. The number of urea groups is 1. The number of carbonyl (C=O) groups excluding carboxylic acids is 1. The summed E-state index contributed by atoms with van der Waals surface area (Å²) in [5.74, 6) is 0. The molecule has 0 unspecified atom stereocenters. The van der Waals surface area contributed by atoms with E-state index >= 15 is 0 Å². The molecule has 0 saturated heterocycles. The first kappa shape index (κ1) is 10.9. The van der Waals surface area contributed by atoms with E-state index in [1.807, 2.05) is 13.0 Å². The number of pyridine rings is 1. The van der Waals surface area contributed by atoms with E-state index in [0.29, 0.717) is 12.6 Å². The lowest BCUT2D eigenvalue weighted by Gasteiger charge is -2.26. The van der Waals surface area contributed by atoms with Gasteiger partial charge in [-0.05, 0) is 43.4 Å². The Hall–Kier alpha value is -1.58. The van der Waals surface area contributed by atoms with E-state index in [4.69, 9.17) is 0 Å². The fraction of sp³-hybridized carbons (Fsp3) is 0.500. The quantitative estimate of drug-likeness (QED) is 0.813. The number of nitrogens with zero attached hydrogens (tertiary/aromatic N) is 1. The molecule has 16 heavy (non-hydrogen) atoms. The molecule has 4 heteroatoms. The maximum atomic E-state index is 11.5. The number of rotatable bonds is 3. The van der Waals surface area contributed by atoms with Crippen LogP contribution in [0.5, 0.6) is 0 Å². The zero-order valence-corrected chi connectivity index (χ0v) is 9.49. The summed E-state index contributed by atoms with van der Waals surface area (Å²) in [6.07, 6.45) is 7.00. The van der Waals surface area contributed by atoms with Gasteiger partial charge >= 0.3 is 6.03 Å². The molecule has 86 valence electrons. The van der Waals surface area contributed by atoms with Gasteiger partial charge in [0.15, 0.2) is 0 Å². The van der Waals surface area contributed by atoms with Crippen molar-refractivity contribution >= 4 is 6.03 Å². The number of hydrogen-bond donors (Lipinski definition) is 2. The molecule has 1 aliphatic carbocycles. The monoisotopic (exact) mass is 219 g/mol. The molecule has 1 aromatic heterocycles. The van der Waals surface area contributed by atoms with Gasteiger partial charge in [0, 0.05) is 25.0 Å². The molecular formula is C12H17N3O. The summed E-state index contributed by atoms with van der Waals surface area (Å²) in [4.78, 5) is 15.5. The minimum Gasteiger partial charge on any atom is -0.335 e. The standard InChI is InChI=1S/C12H17N3O/c1-9-5-6-13-7-10(9)8-14-12(16)15-11-3-2-4-11/h5-7,11H,2-4,8H2,1H3,(H2,14,15,16). The van der Waals surface area contributed by atoms with Crippen LogP contribution in [0.25, 0.3) is 0 Å². The summed E-state index contributed by atoms with van der Waals surface area (Å²) in [6, 6.07) is 2.25. The van der Waals surface area contributed by atoms with E-state index in [0.717, 1.165) is 24.0 Å². The van der Waals surface area contributed by atoms with Gasteiger partial charge in [-0.15, -0.1) is 0 Å². The molecule has 1 aliphatic rings. The fourth-order valence-electron chi connectivity index (χ4n) is 1.65. The highest BCUT2D eigenvalue weighted by molar-refractivity contribution is 5.74. The normalized spacial score (nSPS) is 15.3. The number of nitrogens with one attached hydrogen (secondary N) is 2. The number of hydrogen-bond acceptors (Lipinski definition) is 2. The molecule has 1 heterocycles. The van der Waals surface area contributed by atoms with Crippen LogP contribution in [0.2, 0.25) is 0 Å². The van der Waals surface area contributed by atoms with Gasteiger partial charge in [0.2, 0.25) is 0 Å².